The molecule has 23 heavy (non-hydrogen) atoms. The maximum Gasteiger partial charge on any atom is 0.338 e. The third-order valence-electron chi connectivity index (χ3n) is 4.20. The summed E-state index contributed by atoms with van der Waals surface area (Å²) >= 11 is 0. The Morgan fingerprint density at radius 1 is 1.04 bits per heavy atom. The summed E-state index contributed by atoms with van der Waals surface area (Å²) in [4.78, 5) is 11.6. The SMILES string of the molecule is Cc1ccn(-c2cc(-c3ccc4c(c3)COC4=O)ccc2C)n1. The second-order valence-corrected chi connectivity index (χ2v) is 5.85. The predicted molar refractivity (Wildman–Crippen MR) is 87.6 cm³/mol. The number of ether oxygens (including phenoxy) is 1. The second-order valence-electron chi connectivity index (χ2n) is 5.85. The third kappa shape index (κ3) is 2.32. The van der Waals surface area contributed by atoms with E-state index in [4.69, 9.17) is 4.74 Å². The Labute approximate surface area is 134 Å². The standard InChI is InChI=1S/C19H16N2O2/c1-12-3-4-15(10-18(12)21-8-7-13(2)20-21)14-5-6-17-16(9-14)11-23-19(17)22/h3-10H,11H2,1-2H3. The van der Waals surface area contributed by atoms with Crippen LogP contribution in [0.3, 0.4) is 0 Å². The lowest BCUT2D eigenvalue weighted by molar-refractivity contribution is 0.0535. The number of cyclic esters (lactones) is 1. The van der Waals surface area contributed by atoms with Gasteiger partial charge >= 0.3 is 5.97 Å². The van der Waals surface area contributed by atoms with E-state index >= 15 is 0 Å². The van der Waals surface area contributed by atoms with E-state index in [2.05, 4.69) is 30.2 Å². The molecular weight excluding hydrogens is 288 g/mol. The molecule has 0 fully saturated rings. The first-order valence-corrected chi connectivity index (χ1v) is 7.55. The normalized spacial score (nSPS) is 13.0. The van der Waals surface area contributed by atoms with Crippen LogP contribution in [0, 0.1) is 13.8 Å². The van der Waals surface area contributed by atoms with E-state index in [1.54, 1.807) is 0 Å². The molecule has 2 aromatic carbocycles. The summed E-state index contributed by atoms with van der Waals surface area (Å²) in [6.45, 7) is 4.41. The quantitative estimate of drug-likeness (QED) is 0.676. The van der Waals surface area contributed by atoms with E-state index in [0.29, 0.717) is 12.2 Å². The van der Waals surface area contributed by atoms with Gasteiger partial charge in [0, 0.05) is 11.8 Å². The van der Waals surface area contributed by atoms with Gasteiger partial charge in [-0.2, -0.15) is 5.10 Å². The van der Waals surface area contributed by atoms with Crippen molar-refractivity contribution in [2.24, 2.45) is 0 Å². The van der Waals surface area contributed by atoms with Crippen LogP contribution in [0.5, 0.6) is 0 Å². The summed E-state index contributed by atoms with van der Waals surface area (Å²) in [6, 6.07) is 14.1. The van der Waals surface area contributed by atoms with Gasteiger partial charge in [0.1, 0.15) is 6.61 Å². The molecule has 0 atom stereocenters. The molecule has 2 heterocycles. The number of aromatic nitrogens is 2. The molecule has 0 unspecified atom stereocenters. The van der Waals surface area contributed by atoms with Gasteiger partial charge in [0.25, 0.3) is 0 Å². The number of hydrogen-bond donors (Lipinski definition) is 0. The molecule has 0 bridgehead atoms. The van der Waals surface area contributed by atoms with Crippen LogP contribution < -0.4 is 0 Å². The molecule has 1 aliphatic rings. The fraction of sp³-hybridized carbons (Fsp3) is 0.158. The largest absolute Gasteiger partial charge is 0.457 e. The van der Waals surface area contributed by atoms with Crippen molar-refractivity contribution in [3.63, 3.8) is 0 Å². The van der Waals surface area contributed by atoms with Crippen LogP contribution in [0.1, 0.15) is 27.2 Å². The Morgan fingerprint density at radius 3 is 2.61 bits per heavy atom. The number of nitrogens with zero attached hydrogens (tertiary/aromatic N) is 2. The van der Waals surface area contributed by atoms with Crippen LogP contribution in [-0.4, -0.2) is 15.7 Å². The first-order chi connectivity index (χ1) is 11.1. The molecule has 4 heteroatoms. The van der Waals surface area contributed by atoms with E-state index in [1.807, 2.05) is 42.1 Å². The molecule has 0 aliphatic carbocycles. The maximum atomic E-state index is 11.6. The average molecular weight is 304 g/mol. The van der Waals surface area contributed by atoms with Gasteiger partial charge in [-0.25, -0.2) is 9.48 Å². The Morgan fingerprint density at radius 2 is 1.83 bits per heavy atom. The number of fused-ring (bicyclic) bond motifs is 1. The minimum atomic E-state index is -0.233. The molecule has 4 nitrogen and oxygen atoms in total. The Bertz CT molecular complexity index is 925. The summed E-state index contributed by atoms with van der Waals surface area (Å²) in [5, 5.41) is 4.50. The molecule has 1 aromatic heterocycles. The van der Waals surface area contributed by atoms with Crippen molar-refractivity contribution in [2.75, 3.05) is 0 Å². The number of carbonyl (C=O) groups is 1. The van der Waals surface area contributed by atoms with Crippen molar-refractivity contribution in [2.45, 2.75) is 20.5 Å². The molecule has 3 aromatic rings. The van der Waals surface area contributed by atoms with Crippen LogP contribution in [0.25, 0.3) is 16.8 Å². The second kappa shape index (κ2) is 5.09. The van der Waals surface area contributed by atoms with Crippen molar-refractivity contribution < 1.29 is 9.53 Å². The van der Waals surface area contributed by atoms with Gasteiger partial charge in [-0.3, -0.25) is 0 Å². The predicted octanol–water partition coefficient (Wildman–Crippen LogP) is 3.83. The van der Waals surface area contributed by atoms with Crippen molar-refractivity contribution >= 4 is 5.97 Å². The topological polar surface area (TPSA) is 44.1 Å². The molecule has 0 amide bonds. The summed E-state index contributed by atoms with van der Waals surface area (Å²) in [5.74, 6) is -0.233. The lowest BCUT2D eigenvalue weighted by atomic mass is 9.99. The molecule has 0 saturated carbocycles. The Hall–Kier alpha value is -2.88. The number of rotatable bonds is 2. The molecule has 0 N–H and O–H groups in total. The highest BCUT2D eigenvalue weighted by Crippen LogP contribution is 2.29. The molecule has 114 valence electrons. The number of esters is 1. The van der Waals surface area contributed by atoms with Gasteiger partial charge in [-0.05, 0) is 54.8 Å². The minimum absolute atomic E-state index is 0.233. The van der Waals surface area contributed by atoms with Crippen LogP contribution in [-0.2, 0) is 11.3 Å². The number of carbonyl (C=O) groups excluding carboxylic acids is 1. The first kappa shape index (κ1) is 13.8. The van der Waals surface area contributed by atoms with Gasteiger partial charge in [-0.15, -0.1) is 0 Å². The van der Waals surface area contributed by atoms with Crippen LogP contribution in [0.2, 0.25) is 0 Å². The highest BCUT2D eigenvalue weighted by atomic mass is 16.5. The van der Waals surface area contributed by atoms with Crippen LogP contribution >= 0.6 is 0 Å². The summed E-state index contributed by atoms with van der Waals surface area (Å²) in [6.07, 6.45) is 1.97. The minimum Gasteiger partial charge on any atom is -0.457 e. The lowest BCUT2D eigenvalue weighted by Crippen LogP contribution is -1.98. The van der Waals surface area contributed by atoms with Crippen molar-refractivity contribution in [1.29, 1.82) is 0 Å². The van der Waals surface area contributed by atoms with Crippen LogP contribution in [0.4, 0.5) is 0 Å². The molecule has 0 saturated heterocycles. The zero-order valence-electron chi connectivity index (χ0n) is 13.0. The highest BCUT2D eigenvalue weighted by Gasteiger charge is 2.21. The Balaban J connectivity index is 1.80. The number of benzene rings is 2. The zero-order valence-corrected chi connectivity index (χ0v) is 13.0. The zero-order chi connectivity index (χ0) is 16.0. The highest BCUT2D eigenvalue weighted by molar-refractivity contribution is 5.94. The summed E-state index contributed by atoms with van der Waals surface area (Å²) < 4.78 is 6.97. The van der Waals surface area contributed by atoms with Gasteiger partial charge in [0.2, 0.25) is 0 Å². The van der Waals surface area contributed by atoms with E-state index < -0.39 is 0 Å². The van der Waals surface area contributed by atoms with Crippen molar-refractivity contribution in [3.8, 4) is 16.8 Å². The summed E-state index contributed by atoms with van der Waals surface area (Å²) in [7, 11) is 0. The monoisotopic (exact) mass is 304 g/mol. The van der Waals surface area contributed by atoms with Gasteiger partial charge in [0.05, 0.1) is 16.9 Å². The van der Waals surface area contributed by atoms with E-state index in [-0.39, 0.29) is 5.97 Å². The number of hydrogen-bond acceptors (Lipinski definition) is 3. The van der Waals surface area contributed by atoms with Crippen LogP contribution in [0.15, 0.2) is 48.7 Å². The van der Waals surface area contributed by atoms with Gasteiger partial charge in [-0.1, -0.05) is 18.2 Å². The smallest absolute Gasteiger partial charge is 0.338 e. The van der Waals surface area contributed by atoms with E-state index in [1.165, 1.54) is 0 Å². The Kier molecular flexibility index (Phi) is 3.05. The van der Waals surface area contributed by atoms with E-state index in [0.717, 1.165) is 33.6 Å². The van der Waals surface area contributed by atoms with Gasteiger partial charge in [0.15, 0.2) is 0 Å². The molecule has 4 rings (SSSR count). The lowest BCUT2D eigenvalue weighted by Gasteiger charge is -2.10. The summed E-state index contributed by atoms with van der Waals surface area (Å²) in [5.41, 5.74) is 7.00. The van der Waals surface area contributed by atoms with Gasteiger partial charge < -0.3 is 4.74 Å². The first-order valence-electron chi connectivity index (χ1n) is 7.55. The maximum absolute atomic E-state index is 11.6. The van der Waals surface area contributed by atoms with Crippen molar-refractivity contribution in [3.05, 3.63) is 71.0 Å². The van der Waals surface area contributed by atoms with E-state index in [9.17, 15) is 4.79 Å². The average Bonchev–Trinajstić information content (AvgIpc) is 3.14. The molecule has 0 spiro atoms. The molecule has 0 radical (unpaired) electrons. The fourth-order valence-electron chi connectivity index (χ4n) is 2.90. The number of aryl methyl sites for hydroxylation is 2. The fourth-order valence-corrected chi connectivity index (χ4v) is 2.90. The van der Waals surface area contributed by atoms with Crippen molar-refractivity contribution in [1.82, 2.24) is 9.78 Å². The molecule has 1 aliphatic heterocycles. The third-order valence-corrected chi connectivity index (χ3v) is 4.20. The molecular formula is C19H16N2O2.